The van der Waals surface area contributed by atoms with Gasteiger partial charge < -0.3 is 10.2 Å². The SMILES string of the molecule is CCCC(NC(=O)CN1CCC(=O)NC1=O)c1ccc(Cl)c(Cl)c1. The van der Waals surface area contributed by atoms with Crippen LogP contribution in [0.3, 0.4) is 0 Å². The summed E-state index contributed by atoms with van der Waals surface area (Å²) >= 11 is 12.0. The molecule has 1 aromatic rings. The summed E-state index contributed by atoms with van der Waals surface area (Å²) in [6.45, 7) is 2.16. The van der Waals surface area contributed by atoms with Crippen LogP contribution in [0.25, 0.3) is 0 Å². The molecule has 0 spiro atoms. The number of benzene rings is 1. The molecule has 1 aromatic carbocycles. The minimum Gasteiger partial charge on any atom is -0.348 e. The molecule has 0 saturated carbocycles. The Morgan fingerprint density at radius 2 is 2.08 bits per heavy atom. The van der Waals surface area contributed by atoms with Crippen LogP contribution in [-0.2, 0) is 9.59 Å². The highest BCUT2D eigenvalue weighted by atomic mass is 35.5. The second-order valence-electron chi connectivity index (χ2n) is 5.61. The third kappa shape index (κ3) is 4.85. The van der Waals surface area contributed by atoms with E-state index in [1.165, 1.54) is 4.90 Å². The normalized spacial score (nSPS) is 15.9. The molecule has 130 valence electrons. The summed E-state index contributed by atoms with van der Waals surface area (Å²) in [5.74, 6) is -0.611. The van der Waals surface area contributed by atoms with Gasteiger partial charge in [0.05, 0.1) is 16.1 Å². The van der Waals surface area contributed by atoms with Crippen LogP contribution < -0.4 is 10.6 Å². The van der Waals surface area contributed by atoms with E-state index >= 15 is 0 Å². The first-order valence-corrected chi connectivity index (χ1v) is 8.49. The third-order valence-electron chi connectivity index (χ3n) is 3.74. The summed E-state index contributed by atoms with van der Waals surface area (Å²) in [4.78, 5) is 36.4. The highest BCUT2D eigenvalue weighted by Gasteiger charge is 2.25. The van der Waals surface area contributed by atoms with Crippen molar-refractivity contribution in [3.05, 3.63) is 33.8 Å². The van der Waals surface area contributed by atoms with Crippen LogP contribution in [0, 0.1) is 0 Å². The van der Waals surface area contributed by atoms with E-state index in [1.54, 1.807) is 12.1 Å². The van der Waals surface area contributed by atoms with Gasteiger partial charge in [-0.05, 0) is 24.1 Å². The van der Waals surface area contributed by atoms with Gasteiger partial charge in [-0.15, -0.1) is 0 Å². The number of urea groups is 1. The van der Waals surface area contributed by atoms with Gasteiger partial charge in [0.1, 0.15) is 6.54 Å². The van der Waals surface area contributed by atoms with Gasteiger partial charge in [0.25, 0.3) is 0 Å². The fraction of sp³-hybridized carbons (Fsp3) is 0.438. The van der Waals surface area contributed by atoms with Crippen molar-refractivity contribution in [3.63, 3.8) is 0 Å². The van der Waals surface area contributed by atoms with Crippen LogP contribution in [0.15, 0.2) is 18.2 Å². The van der Waals surface area contributed by atoms with Gasteiger partial charge in [-0.1, -0.05) is 42.6 Å². The number of nitrogens with one attached hydrogen (secondary N) is 2. The zero-order chi connectivity index (χ0) is 17.7. The van der Waals surface area contributed by atoms with Crippen molar-refractivity contribution in [2.24, 2.45) is 0 Å². The lowest BCUT2D eigenvalue weighted by Gasteiger charge is -2.27. The lowest BCUT2D eigenvalue weighted by Crippen LogP contribution is -2.52. The average molecular weight is 372 g/mol. The molecular weight excluding hydrogens is 353 g/mol. The zero-order valence-corrected chi connectivity index (χ0v) is 14.8. The first-order chi connectivity index (χ1) is 11.4. The highest BCUT2D eigenvalue weighted by Crippen LogP contribution is 2.27. The molecular formula is C16H19Cl2N3O3. The molecule has 2 rings (SSSR count). The summed E-state index contributed by atoms with van der Waals surface area (Å²) < 4.78 is 0. The quantitative estimate of drug-likeness (QED) is 0.806. The fourth-order valence-corrected chi connectivity index (χ4v) is 2.81. The predicted octanol–water partition coefficient (Wildman–Crippen LogP) is 2.89. The molecule has 2 N–H and O–H groups in total. The summed E-state index contributed by atoms with van der Waals surface area (Å²) in [6, 6.07) is 4.49. The van der Waals surface area contributed by atoms with Crippen LogP contribution in [0.4, 0.5) is 4.79 Å². The van der Waals surface area contributed by atoms with Crippen molar-refractivity contribution in [1.82, 2.24) is 15.5 Å². The average Bonchev–Trinajstić information content (AvgIpc) is 2.52. The first kappa shape index (κ1) is 18.5. The van der Waals surface area contributed by atoms with E-state index in [0.29, 0.717) is 10.0 Å². The number of nitrogens with zero attached hydrogens (tertiary/aromatic N) is 1. The highest BCUT2D eigenvalue weighted by molar-refractivity contribution is 6.42. The molecule has 1 atom stereocenters. The second kappa shape index (κ2) is 8.35. The summed E-state index contributed by atoms with van der Waals surface area (Å²) in [5, 5.41) is 5.99. The van der Waals surface area contributed by atoms with Gasteiger partial charge in [0.15, 0.2) is 0 Å². The van der Waals surface area contributed by atoms with Gasteiger partial charge in [0.2, 0.25) is 11.8 Å². The maximum absolute atomic E-state index is 12.3. The minimum atomic E-state index is -0.539. The van der Waals surface area contributed by atoms with Crippen LogP contribution in [0.2, 0.25) is 10.0 Å². The number of rotatable bonds is 6. The van der Waals surface area contributed by atoms with Gasteiger partial charge in [-0.3, -0.25) is 14.9 Å². The topological polar surface area (TPSA) is 78.5 Å². The molecule has 1 aliphatic rings. The Hall–Kier alpha value is -1.79. The fourth-order valence-electron chi connectivity index (χ4n) is 2.50. The molecule has 8 heteroatoms. The Kier molecular flexibility index (Phi) is 6.45. The number of amides is 4. The Bertz CT molecular complexity index is 651. The van der Waals surface area contributed by atoms with E-state index in [9.17, 15) is 14.4 Å². The van der Waals surface area contributed by atoms with Gasteiger partial charge in [-0.2, -0.15) is 0 Å². The minimum absolute atomic E-state index is 0.0966. The molecule has 0 bridgehead atoms. The number of hydrogen-bond acceptors (Lipinski definition) is 3. The van der Waals surface area contributed by atoms with E-state index in [0.717, 1.165) is 18.4 Å². The van der Waals surface area contributed by atoms with Crippen molar-refractivity contribution in [3.8, 4) is 0 Å². The smallest absolute Gasteiger partial charge is 0.324 e. The Labute approximate surface area is 150 Å². The Morgan fingerprint density at radius 1 is 1.33 bits per heavy atom. The number of halogens is 2. The summed E-state index contributed by atoms with van der Waals surface area (Å²) in [7, 11) is 0. The molecule has 1 aliphatic heterocycles. The van der Waals surface area contributed by atoms with E-state index in [-0.39, 0.29) is 37.4 Å². The van der Waals surface area contributed by atoms with E-state index in [1.807, 2.05) is 13.0 Å². The standard InChI is InChI=1S/C16H19Cl2N3O3/c1-2-3-13(10-4-5-11(17)12(18)8-10)19-15(23)9-21-7-6-14(22)20-16(21)24/h4-5,8,13H,2-3,6-7,9H2,1H3,(H,19,23)(H,20,22,24). The number of carbonyl (C=O) groups excluding carboxylic acids is 3. The molecule has 1 fully saturated rings. The Morgan fingerprint density at radius 3 is 2.71 bits per heavy atom. The van der Waals surface area contributed by atoms with Crippen molar-refractivity contribution in [2.75, 3.05) is 13.1 Å². The number of hydrogen-bond donors (Lipinski definition) is 2. The molecule has 1 saturated heterocycles. The number of imide groups is 1. The van der Waals surface area contributed by atoms with Gasteiger partial charge in [0, 0.05) is 13.0 Å². The van der Waals surface area contributed by atoms with E-state index < -0.39 is 6.03 Å². The van der Waals surface area contributed by atoms with Crippen LogP contribution in [0.1, 0.15) is 37.8 Å². The van der Waals surface area contributed by atoms with Gasteiger partial charge >= 0.3 is 6.03 Å². The maximum Gasteiger partial charge on any atom is 0.324 e. The molecule has 6 nitrogen and oxygen atoms in total. The van der Waals surface area contributed by atoms with Crippen LogP contribution in [-0.4, -0.2) is 35.8 Å². The predicted molar refractivity (Wildman–Crippen MR) is 92.0 cm³/mol. The van der Waals surface area contributed by atoms with Crippen molar-refractivity contribution < 1.29 is 14.4 Å². The first-order valence-electron chi connectivity index (χ1n) is 7.73. The van der Waals surface area contributed by atoms with Crippen LogP contribution >= 0.6 is 23.2 Å². The molecule has 0 radical (unpaired) electrons. The third-order valence-corrected chi connectivity index (χ3v) is 4.47. The lowest BCUT2D eigenvalue weighted by molar-refractivity contribution is -0.125. The molecule has 0 aliphatic carbocycles. The van der Waals surface area contributed by atoms with Crippen molar-refractivity contribution in [2.45, 2.75) is 32.2 Å². The van der Waals surface area contributed by atoms with Crippen molar-refractivity contribution >= 4 is 41.0 Å². The molecule has 1 unspecified atom stereocenters. The molecule has 0 aromatic heterocycles. The molecule has 4 amide bonds. The van der Waals surface area contributed by atoms with E-state index in [2.05, 4.69) is 10.6 Å². The maximum atomic E-state index is 12.3. The second-order valence-corrected chi connectivity index (χ2v) is 6.42. The summed E-state index contributed by atoms with van der Waals surface area (Å²) in [5.41, 5.74) is 0.859. The van der Waals surface area contributed by atoms with E-state index in [4.69, 9.17) is 23.2 Å². The van der Waals surface area contributed by atoms with Gasteiger partial charge in [-0.25, -0.2) is 4.79 Å². The Balaban J connectivity index is 2.01. The monoisotopic (exact) mass is 371 g/mol. The lowest BCUT2D eigenvalue weighted by atomic mass is 10.0. The van der Waals surface area contributed by atoms with Crippen molar-refractivity contribution in [1.29, 1.82) is 0 Å². The largest absolute Gasteiger partial charge is 0.348 e. The van der Waals surface area contributed by atoms with Crippen LogP contribution in [0.5, 0.6) is 0 Å². The zero-order valence-electron chi connectivity index (χ0n) is 13.3. The molecule has 1 heterocycles. The summed E-state index contributed by atoms with van der Waals surface area (Å²) in [6.07, 6.45) is 1.79. The molecule has 24 heavy (non-hydrogen) atoms. The number of carbonyl (C=O) groups is 3.